The lowest BCUT2D eigenvalue weighted by molar-refractivity contribution is 1.07. The topological polar surface area (TPSA) is 90.2 Å². The lowest BCUT2D eigenvalue weighted by Gasteiger charge is -2.19. The molecule has 0 saturated heterocycles. The van der Waals surface area contributed by atoms with E-state index in [1.165, 1.54) is 0 Å². The molecule has 7 aromatic carbocycles. The fourth-order valence-electron chi connectivity index (χ4n) is 7.45. The van der Waals surface area contributed by atoms with Gasteiger partial charge in [0.05, 0.1) is 0 Å². The van der Waals surface area contributed by atoms with Crippen molar-refractivity contribution in [2.75, 3.05) is 0 Å². The molecule has 0 N–H and O–H groups in total. The molecule has 0 radical (unpaired) electrons. The van der Waals surface area contributed by atoms with Crippen LogP contribution in [0.25, 0.3) is 102 Å². The normalized spacial score (nSPS) is 11.0. The summed E-state index contributed by atoms with van der Waals surface area (Å²) in [6, 6.07) is 67.5. The summed E-state index contributed by atoms with van der Waals surface area (Å²) < 4.78 is 0. The highest BCUT2D eigenvalue weighted by molar-refractivity contribution is 5.98. The van der Waals surface area contributed by atoms with Crippen molar-refractivity contribution >= 4 is 0 Å². The fourth-order valence-corrected chi connectivity index (χ4v) is 7.45. The standard InChI is InChI=1S/C53H35N7/c1-5-17-37(18-6-1)48-55-49(38-19-7-2-8-20-38)58-52(57-48)42-26-15-25-41(35-42)43-29-16-30-45(47(43)36-31-33-54-34-32-36)44-27-13-14-28-46(44)53-59-50(39-21-9-3-10-22-39)56-51(60-53)40-23-11-4-12-24-40/h1-35H. The fraction of sp³-hybridized carbons (Fsp3) is 0. The predicted octanol–water partition coefficient (Wildman–Crippen LogP) is 12.5. The quantitative estimate of drug-likeness (QED) is 0.144. The summed E-state index contributed by atoms with van der Waals surface area (Å²) in [7, 11) is 0. The molecule has 0 amide bonds. The first-order valence-corrected chi connectivity index (χ1v) is 19.7. The summed E-state index contributed by atoms with van der Waals surface area (Å²) in [4.78, 5) is 34.6. The van der Waals surface area contributed by atoms with Gasteiger partial charge in [-0.1, -0.05) is 182 Å². The second-order valence-corrected chi connectivity index (χ2v) is 14.2. The Morgan fingerprint density at radius 3 is 1.07 bits per heavy atom. The average molecular weight is 770 g/mol. The molecule has 60 heavy (non-hydrogen) atoms. The SMILES string of the molecule is c1ccc(-c2nc(-c3ccccc3)nc(-c3cccc(-c4cccc(-c5ccccc5-c5nc(-c6ccccc6)nc(-c6ccccc6)n5)c4-c4ccncc4)c3)n2)cc1. The van der Waals surface area contributed by atoms with Crippen LogP contribution in [0.15, 0.2) is 213 Å². The van der Waals surface area contributed by atoms with Crippen LogP contribution in [-0.4, -0.2) is 34.9 Å². The van der Waals surface area contributed by atoms with Crippen LogP contribution >= 0.6 is 0 Å². The minimum Gasteiger partial charge on any atom is -0.265 e. The van der Waals surface area contributed by atoms with Crippen LogP contribution in [0.5, 0.6) is 0 Å². The highest BCUT2D eigenvalue weighted by atomic mass is 15.0. The summed E-state index contributed by atoms with van der Waals surface area (Å²) in [6.45, 7) is 0. The van der Waals surface area contributed by atoms with Crippen LogP contribution in [0.1, 0.15) is 0 Å². The van der Waals surface area contributed by atoms with Gasteiger partial charge in [-0.25, -0.2) is 29.9 Å². The summed E-state index contributed by atoms with van der Waals surface area (Å²) in [5, 5.41) is 0. The number of nitrogens with zero attached hydrogens (tertiary/aromatic N) is 7. The number of aromatic nitrogens is 7. The first-order valence-electron chi connectivity index (χ1n) is 19.7. The Balaban J connectivity index is 1.15. The van der Waals surface area contributed by atoms with E-state index in [0.29, 0.717) is 34.9 Å². The third-order valence-corrected chi connectivity index (χ3v) is 10.3. The maximum atomic E-state index is 5.12. The lowest BCUT2D eigenvalue weighted by Crippen LogP contribution is -2.01. The summed E-state index contributed by atoms with van der Waals surface area (Å²) in [6.07, 6.45) is 3.67. The van der Waals surface area contributed by atoms with Crippen LogP contribution in [0.2, 0.25) is 0 Å². The van der Waals surface area contributed by atoms with Crippen LogP contribution in [0.4, 0.5) is 0 Å². The van der Waals surface area contributed by atoms with Crippen molar-refractivity contribution in [2.24, 2.45) is 0 Å². The number of benzene rings is 7. The van der Waals surface area contributed by atoms with Crippen molar-refractivity contribution in [1.29, 1.82) is 0 Å². The highest BCUT2D eigenvalue weighted by Gasteiger charge is 2.21. The molecule has 0 bridgehead atoms. The summed E-state index contributed by atoms with van der Waals surface area (Å²) in [5.41, 5.74) is 11.6. The Morgan fingerprint density at radius 2 is 0.567 bits per heavy atom. The van der Waals surface area contributed by atoms with Crippen molar-refractivity contribution < 1.29 is 0 Å². The molecule has 7 heteroatoms. The van der Waals surface area contributed by atoms with Gasteiger partial charge in [0.15, 0.2) is 34.9 Å². The summed E-state index contributed by atoms with van der Waals surface area (Å²) in [5.74, 6) is 3.63. The van der Waals surface area contributed by atoms with Crippen LogP contribution in [-0.2, 0) is 0 Å². The maximum Gasteiger partial charge on any atom is 0.164 e. The number of pyridine rings is 1. The van der Waals surface area contributed by atoms with Gasteiger partial charge in [-0.05, 0) is 51.6 Å². The molecule has 10 rings (SSSR count). The molecule has 282 valence electrons. The van der Waals surface area contributed by atoms with Crippen molar-refractivity contribution in [3.63, 3.8) is 0 Å². The van der Waals surface area contributed by atoms with E-state index in [9.17, 15) is 0 Å². The third kappa shape index (κ3) is 7.35. The Morgan fingerprint density at radius 1 is 0.217 bits per heavy atom. The van der Waals surface area contributed by atoms with Gasteiger partial charge in [-0.2, -0.15) is 0 Å². The molecule has 3 aromatic heterocycles. The van der Waals surface area contributed by atoms with E-state index in [2.05, 4.69) is 77.8 Å². The van der Waals surface area contributed by atoms with E-state index >= 15 is 0 Å². The Bertz CT molecular complexity index is 2950. The molecule has 0 aliphatic rings. The molecule has 3 heterocycles. The molecule has 0 fully saturated rings. The maximum absolute atomic E-state index is 5.12. The number of hydrogen-bond donors (Lipinski definition) is 0. The lowest BCUT2D eigenvalue weighted by atomic mass is 9.86. The molecule has 10 aromatic rings. The molecule has 0 saturated carbocycles. The molecular weight excluding hydrogens is 735 g/mol. The van der Waals surface area contributed by atoms with Gasteiger partial charge in [0, 0.05) is 45.8 Å². The minimum absolute atomic E-state index is 0.588. The van der Waals surface area contributed by atoms with Crippen molar-refractivity contribution in [3.8, 4) is 102 Å². The Kier molecular flexibility index (Phi) is 9.79. The first kappa shape index (κ1) is 36.1. The molecule has 0 aliphatic heterocycles. The van der Waals surface area contributed by atoms with Gasteiger partial charge in [0.2, 0.25) is 0 Å². The Hall–Kier alpha value is -8.29. The van der Waals surface area contributed by atoms with Crippen LogP contribution < -0.4 is 0 Å². The third-order valence-electron chi connectivity index (χ3n) is 10.3. The van der Waals surface area contributed by atoms with E-state index in [1.807, 2.05) is 140 Å². The first-order chi connectivity index (χ1) is 29.7. The predicted molar refractivity (Wildman–Crippen MR) is 240 cm³/mol. The van der Waals surface area contributed by atoms with Crippen molar-refractivity contribution in [2.45, 2.75) is 0 Å². The van der Waals surface area contributed by atoms with Gasteiger partial charge in [0.25, 0.3) is 0 Å². The zero-order chi connectivity index (χ0) is 40.1. The Labute approximate surface area is 347 Å². The van der Waals surface area contributed by atoms with E-state index in [4.69, 9.17) is 29.9 Å². The largest absolute Gasteiger partial charge is 0.265 e. The van der Waals surface area contributed by atoms with E-state index in [1.54, 1.807) is 0 Å². The van der Waals surface area contributed by atoms with Gasteiger partial charge in [-0.15, -0.1) is 0 Å². The monoisotopic (exact) mass is 769 g/mol. The van der Waals surface area contributed by atoms with Gasteiger partial charge < -0.3 is 0 Å². The summed E-state index contributed by atoms with van der Waals surface area (Å²) >= 11 is 0. The van der Waals surface area contributed by atoms with E-state index < -0.39 is 0 Å². The second-order valence-electron chi connectivity index (χ2n) is 14.2. The van der Waals surface area contributed by atoms with Gasteiger partial charge in [-0.3, -0.25) is 4.98 Å². The zero-order valence-corrected chi connectivity index (χ0v) is 32.3. The van der Waals surface area contributed by atoms with E-state index in [0.717, 1.165) is 66.8 Å². The highest BCUT2D eigenvalue weighted by Crippen LogP contribution is 2.43. The average Bonchev–Trinajstić information content (AvgIpc) is 3.35. The van der Waals surface area contributed by atoms with Crippen molar-refractivity contribution in [1.82, 2.24) is 34.9 Å². The second kappa shape index (κ2) is 16.3. The molecular formula is C53H35N7. The van der Waals surface area contributed by atoms with Crippen LogP contribution in [0, 0.1) is 0 Å². The van der Waals surface area contributed by atoms with Gasteiger partial charge >= 0.3 is 0 Å². The van der Waals surface area contributed by atoms with Crippen LogP contribution in [0.3, 0.4) is 0 Å². The van der Waals surface area contributed by atoms with Gasteiger partial charge in [0.1, 0.15) is 0 Å². The molecule has 0 aliphatic carbocycles. The molecule has 0 spiro atoms. The smallest absolute Gasteiger partial charge is 0.164 e. The number of hydrogen-bond acceptors (Lipinski definition) is 7. The minimum atomic E-state index is 0.588. The van der Waals surface area contributed by atoms with Crippen molar-refractivity contribution in [3.05, 3.63) is 213 Å². The molecule has 7 nitrogen and oxygen atoms in total. The zero-order valence-electron chi connectivity index (χ0n) is 32.3. The number of rotatable bonds is 9. The molecule has 0 unspecified atom stereocenters. The van der Waals surface area contributed by atoms with E-state index in [-0.39, 0.29) is 0 Å². The molecule has 0 atom stereocenters.